The quantitative estimate of drug-likeness (QED) is 0.231. The van der Waals surface area contributed by atoms with Gasteiger partial charge in [-0.2, -0.15) is 0 Å². The van der Waals surface area contributed by atoms with E-state index in [0.717, 1.165) is 62.3 Å². The van der Waals surface area contributed by atoms with E-state index in [4.69, 9.17) is 4.74 Å². The van der Waals surface area contributed by atoms with Crippen LogP contribution in [-0.2, 0) is 29.1 Å². The van der Waals surface area contributed by atoms with Crippen molar-refractivity contribution < 1.29 is 37.1 Å². The number of alkyl carbamates (subject to hydrolysis) is 1. The molecule has 3 heterocycles. The van der Waals surface area contributed by atoms with Crippen molar-refractivity contribution in [3.8, 4) is 0 Å². The van der Waals surface area contributed by atoms with Gasteiger partial charge in [0.05, 0.1) is 11.2 Å². The molecule has 2 aromatic carbocycles. The van der Waals surface area contributed by atoms with Crippen molar-refractivity contribution in [2.24, 2.45) is 5.92 Å². The number of benzene rings is 2. The fourth-order valence-electron chi connectivity index (χ4n) is 8.39. The Hall–Kier alpha value is -5.51. The van der Waals surface area contributed by atoms with E-state index in [-0.39, 0.29) is 30.4 Å². The van der Waals surface area contributed by atoms with Crippen LogP contribution in [0.2, 0.25) is 0 Å². The van der Waals surface area contributed by atoms with Crippen LogP contribution in [-0.4, -0.2) is 90.9 Å². The average molecular weight is 814 g/mol. The average Bonchev–Trinajstić information content (AvgIpc) is 3.46. The SMILES string of the molecule is C=C[C@@H]1C[C@@]12NC(=O)[C@@H]1C[C@@H](NC(=O)c3ccc4ncccc4c3)CN1C(=O)[C@@H](NC(=O)OC1CCCC1)CCCCCCCNc1ccccc1S(=O)(=O)NC2=O. The summed E-state index contributed by atoms with van der Waals surface area (Å²) >= 11 is 0. The van der Waals surface area contributed by atoms with Crippen molar-refractivity contribution in [2.45, 2.75) is 112 Å². The third-order valence-electron chi connectivity index (χ3n) is 11.7. The number of nitrogens with zero attached hydrogens (tertiary/aromatic N) is 2. The first kappa shape index (κ1) is 40.7. The second-order valence-electron chi connectivity index (χ2n) is 15.8. The molecule has 0 unspecified atom stereocenters. The Morgan fingerprint density at radius 2 is 1.69 bits per heavy atom. The molecular weight excluding hydrogens is 763 g/mol. The number of hydrogen-bond acceptors (Lipinski definition) is 10. The Balaban J connectivity index is 1.17. The standard InChI is InChI=1S/C42H51N7O8S/c1-2-29-25-42(29)40(53)48-58(55,56)36-18-10-9-16-33(36)44-21-11-5-3-4-6-17-34(46-41(54)57-31-14-7-8-15-31)39(52)49-26-30(24-35(49)38(51)47-42)45-37(50)28-19-20-32-27(23-28)13-12-22-43-32/h2,9-10,12-13,16,18-20,22-23,29-31,34-35,44H,1,3-8,11,14-15,17,21,24-26H2,(H,45,50)(H,46,54)(H,47,51)(H,48,53)/t29-,30-,34+,35+,42-/m1/s1. The van der Waals surface area contributed by atoms with E-state index in [2.05, 4.69) is 37.6 Å². The van der Waals surface area contributed by atoms with Crippen LogP contribution in [0.25, 0.3) is 10.9 Å². The van der Waals surface area contributed by atoms with Crippen molar-refractivity contribution in [3.05, 3.63) is 79.0 Å². The normalized spacial score (nSPS) is 27.0. The van der Waals surface area contributed by atoms with Crippen LogP contribution in [0.4, 0.5) is 10.5 Å². The second kappa shape index (κ2) is 17.5. The maximum atomic E-state index is 14.6. The summed E-state index contributed by atoms with van der Waals surface area (Å²) in [6.07, 6.45) is 9.72. The van der Waals surface area contributed by atoms with Crippen molar-refractivity contribution in [2.75, 3.05) is 18.4 Å². The fourth-order valence-corrected chi connectivity index (χ4v) is 9.61. The molecular formula is C42H51N7O8S. The molecule has 1 saturated heterocycles. The molecule has 0 radical (unpaired) electrons. The van der Waals surface area contributed by atoms with Gasteiger partial charge in [-0.05, 0) is 87.8 Å². The number of carbonyl (C=O) groups excluding carboxylic acids is 5. The largest absolute Gasteiger partial charge is 0.446 e. The van der Waals surface area contributed by atoms with E-state index in [1.165, 1.54) is 17.0 Å². The van der Waals surface area contributed by atoms with Gasteiger partial charge in [-0.3, -0.25) is 24.2 Å². The number of carbonyl (C=O) groups is 5. The highest BCUT2D eigenvalue weighted by Crippen LogP contribution is 2.45. The van der Waals surface area contributed by atoms with Gasteiger partial charge in [0.2, 0.25) is 11.8 Å². The van der Waals surface area contributed by atoms with Crippen LogP contribution in [0, 0.1) is 5.92 Å². The zero-order valence-electron chi connectivity index (χ0n) is 32.4. The number of sulfonamides is 1. The van der Waals surface area contributed by atoms with Crippen LogP contribution in [0.15, 0.2) is 78.3 Å². The highest BCUT2D eigenvalue weighted by atomic mass is 32.2. The number of ether oxygens (including phenoxy) is 1. The van der Waals surface area contributed by atoms with Gasteiger partial charge in [0, 0.05) is 42.2 Å². The van der Waals surface area contributed by atoms with Gasteiger partial charge in [-0.1, -0.05) is 50.0 Å². The van der Waals surface area contributed by atoms with Crippen LogP contribution >= 0.6 is 0 Å². The van der Waals surface area contributed by atoms with Gasteiger partial charge in [0.15, 0.2) is 0 Å². The topological polar surface area (TPSA) is 205 Å². The Labute approximate surface area is 338 Å². The minimum Gasteiger partial charge on any atom is -0.446 e. The maximum Gasteiger partial charge on any atom is 0.408 e. The molecule has 2 aliphatic carbocycles. The lowest BCUT2D eigenvalue weighted by Crippen LogP contribution is -2.58. The Morgan fingerprint density at radius 1 is 0.931 bits per heavy atom. The lowest BCUT2D eigenvalue weighted by Gasteiger charge is -2.30. The van der Waals surface area contributed by atoms with E-state index < -0.39 is 69.3 Å². The van der Waals surface area contributed by atoms with Crippen molar-refractivity contribution >= 4 is 56.3 Å². The van der Waals surface area contributed by atoms with Gasteiger partial charge in [-0.15, -0.1) is 6.58 Å². The first-order valence-electron chi connectivity index (χ1n) is 20.3. The maximum absolute atomic E-state index is 14.6. The van der Waals surface area contributed by atoms with Gasteiger partial charge >= 0.3 is 6.09 Å². The van der Waals surface area contributed by atoms with Crippen LogP contribution in [0.3, 0.4) is 0 Å². The molecule has 58 heavy (non-hydrogen) atoms. The number of anilines is 1. The summed E-state index contributed by atoms with van der Waals surface area (Å²) in [6, 6.07) is 12.1. The number of fused-ring (bicyclic) bond motifs is 3. The highest BCUT2D eigenvalue weighted by molar-refractivity contribution is 7.90. The fraction of sp³-hybridized carbons (Fsp3) is 0.476. The first-order chi connectivity index (χ1) is 28.0. The molecule has 3 aromatic rings. The number of amides is 5. The summed E-state index contributed by atoms with van der Waals surface area (Å²) < 4.78 is 35.3. The molecule has 5 N–H and O–H groups in total. The predicted octanol–water partition coefficient (Wildman–Crippen LogP) is 4.30. The molecule has 15 nitrogen and oxygen atoms in total. The number of para-hydroxylation sites is 1. The molecule has 1 spiro atoms. The lowest BCUT2D eigenvalue weighted by molar-refractivity contribution is -0.141. The molecule has 2 aliphatic heterocycles. The zero-order chi connectivity index (χ0) is 40.9. The van der Waals surface area contributed by atoms with E-state index in [9.17, 15) is 32.4 Å². The number of nitrogens with one attached hydrogen (secondary N) is 5. The monoisotopic (exact) mass is 813 g/mol. The molecule has 7 rings (SSSR count). The Morgan fingerprint density at radius 3 is 2.48 bits per heavy atom. The molecule has 4 aliphatic rings. The Kier molecular flexibility index (Phi) is 12.3. The summed E-state index contributed by atoms with van der Waals surface area (Å²) in [4.78, 5) is 75.4. The molecule has 16 heteroatoms. The zero-order valence-corrected chi connectivity index (χ0v) is 33.2. The smallest absolute Gasteiger partial charge is 0.408 e. The molecule has 1 aromatic heterocycles. The lowest BCUT2D eigenvalue weighted by atomic mass is 10.0. The summed E-state index contributed by atoms with van der Waals surface area (Å²) in [6.45, 7) is 4.23. The van der Waals surface area contributed by atoms with E-state index in [0.29, 0.717) is 30.6 Å². The van der Waals surface area contributed by atoms with Gasteiger partial charge in [-0.25, -0.2) is 17.9 Å². The third-order valence-corrected chi connectivity index (χ3v) is 13.1. The minimum atomic E-state index is -4.39. The van der Waals surface area contributed by atoms with Crippen molar-refractivity contribution in [1.82, 2.24) is 30.6 Å². The van der Waals surface area contributed by atoms with Crippen LogP contribution in [0.5, 0.6) is 0 Å². The molecule has 5 amide bonds. The number of aromatic nitrogens is 1. The van der Waals surface area contributed by atoms with E-state index in [1.54, 1.807) is 48.7 Å². The summed E-state index contributed by atoms with van der Waals surface area (Å²) in [5, 5.41) is 12.5. The van der Waals surface area contributed by atoms with Gasteiger partial charge in [0.25, 0.3) is 21.8 Å². The van der Waals surface area contributed by atoms with Gasteiger partial charge in [0.1, 0.15) is 28.6 Å². The highest BCUT2D eigenvalue weighted by Gasteiger charge is 2.61. The first-order valence-corrected chi connectivity index (χ1v) is 21.7. The number of rotatable bonds is 5. The summed E-state index contributed by atoms with van der Waals surface area (Å²) in [7, 11) is -4.39. The van der Waals surface area contributed by atoms with Crippen molar-refractivity contribution in [3.63, 3.8) is 0 Å². The van der Waals surface area contributed by atoms with Gasteiger partial charge < -0.3 is 30.9 Å². The Bertz CT molecular complexity index is 2180. The molecule has 3 fully saturated rings. The minimum absolute atomic E-state index is 0.00844. The molecule has 308 valence electrons. The van der Waals surface area contributed by atoms with Crippen LogP contribution < -0.4 is 26.0 Å². The summed E-state index contributed by atoms with van der Waals surface area (Å²) in [5.74, 6) is -3.18. The van der Waals surface area contributed by atoms with E-state index >= 15 is 0 Å². The second-order valence-corrected chi connectivity index (χ2v) is 17.4. The van der Waals surface area contributed by atoms with Crippen molar-refractivity contribution in [1.29, 1.82) is 0 Å². The number of pyridine rings is 1. The summed E-state index contributed by atoms with van der Waals surface area (Å²) in [5.41, 5.74) is -0.230. The number of hydrogen-bond donors (Lipinski definition) is 5. The molecule has 5 atom stereocenters. The van der Waals surface area contributed by atoms with Crippen LogP contribution in [0.1, 0.15) is 87.4 Å². The van der Waals surface area contributed by atoms with E-state index in [1.807, 2.05) is 6.07 Å². The molecule has 2 saturated carbocycles. The third kappa shape index (κ3) is 9.11. The molecule has 0 bridgehead atoms. The predicted molar refractivity (Wildman–Crippen MR) is 216 cm³/mol.